The van der Waals surface area contributed by atoms with Crippen LogP contribution in [-0.4, -0.2) is 53.2 Å². The van der Waals surface area contributed by atoms with Crippen molar-refractivity contribution >= 4 is 34.7 Å². The van der Waals surface area contributed by atoms with E-state index < -0.39 is 10.9 Å². The molecular weight excluding hydrogens is 412 g/mol. The Hall–Kier alpha value is -3.05. The van der Waals surface area contributed by atoms with Crippen molar-refractivity contribution in [2.24, 2.45) is 0 Å². The lowest BCUT2D eigenvalue weighted by molar-refractivity contribution is -0.384. The first-order valence-electron chi connectivity index (χ1n) is 9.44. The third-order valence-electron chi connectivity index (χ3n) is 3.90. The average molecular weight is 436 g/mol. The highest BCUT2D eigenvalue weighted by molar-refractivity contribution is 7.09. The molecule has 2 aromatic rings. The zero-order valence-corrected chi connectivity index (χ0v) is 17.6. The van der Waals surface area contributed by atoms with E-state index in [0.29, 0.717) is 36.9 Å². The van der Waals surface area contributed by atoms with Crippen molar-refractivity contribution in [3.05, 3.63) is 50.5 Å². The van der Waals surface area contributed by atoms with E-state index in [1.54, 1.807) is 17.2 Å². The number of anilines is 1. The number of carbonyl (C=O) groups excluding carboxylic acids is 2. The van der Waals surface area contributed by atoms with Crippen molar-refractivity contribution in [1.29, 1.82) is 0 Å². The Morgan fingerprint density at radius 3 is 2.60 bits per heavy atom. The fraction of sp³-hybridized carbons (Fsp3) is 0.421. The van der Waals surface area contributed by atoms with Gasteiger partial charge in [0.2, 0.25) is 0 Å². The maximum absolute atomic E-state index is 12.8. The van der Waals surface area contributed by atoms with E-state index >= 15 is 0 Å². The number of hydrogen-bond acceptors (Lipinski definition) is 8. The summed E-state index contributed by atoms with van der Waals surface area (Å²) in [5.41, 5.74) is 0.588. The molecule has 0 saturated heterocycles. The van der Waals surface area contributed by atoms with Gasteiger partial charge in [0.25, 0.3) is 5.69 Å². The second-order valence-electron chi connectivity index (χ2n) is 6.05. The molecular formula is C19H24N4O6S. The summed E-state index contributed by atoms with van der Waals surface area (Å²) in [4.78, 5) is 40.6. The third kappa shape index (κ3) is 7.08. The minimum Gasteiger partial charge on any atom is -0.461 e. The summed E-state index contributed by atoms with van der Waals surface area (Å²) in [6.45, 7) is 5.57. The number of non-ortho nitro benzene ring substituents is 1. The Morgan fingerprint density at radius 1 is 1.23 bits per heavy atom. The number of nitro groups is 1. The Balaban J connectivity index is 2.06. The lowest BCUT2D eigenvalue weighted by atomic mass is 10.3. The highest BCUT2D eigenvalue weighted by Gasteiger charge is 2.18. The van der Waals surface area contributed by atoms with Crippen LogP contribution in [-0.2, 0) is 16.0 Å². The predicted molar refractivity (Wildman–Crippen MR) is 112 cm³/mol. The number of nitro benzene ring substituents is 1. The number of urea groups is 1. The number of amides is 2. The van der Waals surface area contributed by atoms with E-state index in [1.165, 1.54) is 35.6 Å². The molecule has 11 heteroatoms. The van der Waals surface area contributed by atoms with Gasteiger partial charge in [-0.3, -0.25) is 10.1 Å². The number of hydrogen-bond donors (Lipinski definition) is 1. The van der Waals surface area contributed by atoms with Crippen LogP contribution >= 0.6 is 11.3 Å². The molecule has 10 nitrogen and oxygen atoms in total. The van der Waals surface area contributed by atoms with Gasteiger partial charge in [-0.25, -0.2) is 14.6 Å². The molecule has 2 rings (SSSR count). The highest BCUT2D eigenvalue weighted by Crippen LogP contribution is 2.18. The summed E-state index contributed by atoms with van der Waals surface area (Å²) >= 11 is 1.26. The summed E-state index contributed by atoms with van der Waals surface area (Å²) in [5, 5.41) is 15.7. The van der Waals surface area contributed by atoms with Crippen LogP contribution in [0.5, 0.6) is 0 Å². The van der Waals surface area contributed by atoms with Gasteiger partial charge in [0.15, 0.2) is 5.69 Å². The number of thiazole rings is 1. The zero-order valence-electron chi connectivity index (χ0n) is 16.8. The van der Waals surface area contributed by atoms with Crippen LogP contribution in [0.3, 0.4) is 0 Å². The van der Waals surface area contributed by atoms with Crippen molar-refractivity contribution in [3.8, 4) is 0 Å². The molecule has 1 N–H and O–H groups in total. The summed E-state index contributed by atoms with van der Waals surface area (Å²) in [6.07, 6.45) is 0.623. The molecule has 1 aromatic heterocycles. The molecule has 0 saturated carbocycles. The second kappa shape index (κ2) is 11.8. The van der Waals surface area contributed by atoms with Crippen LogP contribution in [0.2, 0.25) is 0 Å². The van der Waals surface area contributed by atoms with E-state index in [1.807, 2.05) is 6.92 Å². The lowest BCUT2D eigenvalue weighted by Crippen LogP contribution is -2.35. The quantitative estimate of drug-likeness (QED) is 0.246. The maximum atomic E-state index is 12.8. The number of esters is 1. The van der Waals surface area contributed by atoms with Crippen LogP contribution < -0.4 is 5.32 Å². The van der Waals surface area contributed by atoms with Crippen LogP contribution in [0.4, 0.5) is 16.2 Å². The fourth-order valence-corrected chi connectivity index (χ4v) is 3.25. The Labute approximate surface area is 178 Å². The van der Waals surface area contributed by atoms with Crippen LogP contribution in [0.15, 0.2) is 29.6 Å². The first-order chi connectivity index (χ1) is 14.4. The van der Waals surface area contributed by atoms with Gasteiger partial charge in [-0.05, 0) is 32.4 Å². The molecule has 0 aliphatic heterocycles. The summed E-state index contributed by atoms with van der Waals surface area (Å²) in [6, 6.07) is 5.20. The van der Waals surface area contributed by atoms with Gasteiger partial charge in [0, 0.05) is 43.0 Å². The molecule has 1 heterocycles. The molecule has 162 valence electrons. The number of nitrogens with one attached hydrogen (secondary N) is 1. The number of nitrogens with zero attached hydrogens (tertiary/aromatic N) is 3. The predicted octanol–water partition coefficient (Wildman–Crippen LogP) is 3.69. The molecule has 0 spiro atoms. The molecule has 0 unspecified atom stereocenters. The number of benzene rings is 1. The normalized spacial score (nSPS) is 10.5. The number of rotatable bonds is 11. The Bertz CT molecular complexity index is 855. The largest absolute Gasteiger partial charge is 0.461 e. The summed E-state index contributed by atoms with van der Waals surface area (Å²) in [5.74, 6) is -0.502. The van der Waals surface area contributed by atoms with E-state index in [4.69, 9.17) is 9.47 Å². The molecule has 0 radical (unpaired) electrons. The fourth-order valence-electron chi connectivity index (χ4n) is 2.47. The van der Waals surface area contributed by atoms with Gasteiger partial charge >= 0.3 is 12.0 Å². The average Bonchev–Trinajstić information content (AvgIpc) is 3.19. The van der Waals surface area contributed by atoms with Gasteiger partial charge < -0.3 is 19.7 Å². The lowest BCUT2D eigenvalue weighted by Gasteiger charge is -2.22. The van der Waals surface area contributed by atoms with Crippen LogP contribution in [0, 0.1) is 10.1 Å². The van der Waals surface area contributed by atoms with Gasteiger partial charge in [-0.15, -0.1) is 11.3 Å². The molecule has 0 aliphatic carbocycles. The Kier molecular flexibility index (Phi) is 9.16. The summed E-state index contributed by atoms with van der Waals surface area (Å²) < 4.78 is 10.3. The van der Waals surface area contributed by atoms with Crippen molar-refractivity contribution in [2.75, 3.05) is 31.7 Å². The smallest absolute Gasteiger partial charge is 0.357 e. The molecule has 30 heavy (non-hydrogen) atoms. The molecule has 1 aromatic carbocycles. The van der Waals surface area contributed by atoms with E-state index in [9.17, 15) is 19.7 Å². The monoisotopic (exact) mass is 436 g/mol. The van der Waals surface area contributed by atoms with Crippen molar-refractivity contribution in [2.45, 2.75) is 26.8 Å². The molecule has 0 atom stereocenters. The first kappa shape index (κ1) is 23.2. The SMILES string of the molecule is CCOCCCN(Cc1nc(C(=O)OCC)cs1)C(=O)Nc1ccc([N+](=O)[O-])cc1. The molecule has 0 fully saturated rings. The van der Waals surface area contributed by atoms with Gasteiger partial charge in [0.05, 0.1) is 18.1 Å². The topological polar surface area (TPSA) is 124 Å². The van der Waals surface area contributed by atoms with Gasteiger partial charge in [0.1, 0.15) is 5.01 Å². The van der Waals surface area contributed by atoms with Crippen molar-refractivity contribution in [3.63, 3.8) is 0 Å². The zero-order chi connectivity index (χ0) is 21.9. The van der Waals surface area contributed by atoms with E-state index in [-0.39, 0.29) is 30.6 Å². The van der Waals surface area contributed by atoms with Gasteiger partial charge in [-0.1, -0.05) is 0 Å². The standard InChI is InChI=1S/C19H24N4O6S/c1-3-28-11-5-10-22(12-17-21-16(13-30-17)18(24)29-4-2)19(25)20-14-6-8-15(9-7-14)23(26)27/h6-9,13H,3-5,10-12H2,1-2H3,(H,20,25). The third-order valence-corrected chi connectivity index (χ3v) is 4.73. The summed E-state index contributed by atoms with van der Waals surface area (Å²) in [7, 11) is 0. The molecule has 0 bridgehead atoms. The number of carbonyl (C=O) groups is 2. The minimum atomic E-state index is -0.505. The number of ether oxygens (including phenoxy) is 2. The van der Waals surface area contributed by atoms with Crippen molar-refractivity contribution < 1.29 is 24.0 Å². The highest BCUT2D eigenvalue weighted by atomic mass is 32.1. The molecule has 0 aliphatic rings. The molecule has 2 amide bonds. The maximum Gasteiger partial charge on any atom is 0.357 e. The number of aromatic nitrogens is 1. The second-order valence-corrected chi connectivity index (χ2v) is 7.00. The van der Waals surface area contributed by atoms with Gasteiger partial charge in [-0.2, -0.15) is 0 Å². The van der Waals surface area contributed by atoms with Crippen molar-refractivity contribution in [1.82, 2.24) is 9.88 Å². The van der Waals surface area contributed by atoms with Crippen LogP contribution in [0.1, 0.15) is 35.8 Å². The van der Waals surface area contributed by atoms with Crippen LogP contribution in [0.25, 0.3) is 0 Å². The van der Waals surface area contributed by atoms with E-state index in [0.717, 1.165) is 0 Å². The minimum absolute atomic E-state index is 0.0594. The first-order valence-corrected chi connectivity index (χ1v) is 10.3. The Morgan fingerprint density at radius 2 is 1.97 bits per heavy atom. The van der Waals surface area contributed by atoms with E-state index in [2.05, 4.69) is 10.3 Å².